The van der Waals surface area contributed by atoms with Crippen molar-refractivity contribution in [2.45, 2.75) is 76.7 Å². The van der Waals surface area contributed by atoms with E-state index in [1.54, 1.807) is 0 Å². The van der Waals surface area contributed by atoms with E-state index in [-0.39, 0.29) is 17.4 Å². The summed E-state index contributed by atoms with van der Waals surface area (Å²) in [5.41, 5.74) is 1.51. The molecule has 3 aliphatic rings. The van der Waals surface area contributed by atoms with Crippen LogP contribution in [0.3, 0.4) is 0 Å². The van der Waals surface area contributed by atoms with E-state index in [9.17, 15) is 4.79 Å². The van der Waals surface area contributed by atoms with Crippen LogP contribution in [0.5, 0.6) is 0 Å². The molecule has 0 N–H and O–H groups in total. The van der Waals surface area contributed by atoms with E-state index in [1.807, 2.05) is 24.3 Å². The smallest absolute Gasteiger partial charge is 0.233 e. The van der Waals surface area contributed by atoms with Gasteiger partial charge in [-0.15, -0.1) is 10.2 Å². The first-order chi connectivity index (χ1) is 15.7. The summed E-state index contributed by atoms with van der Waals surface area (Å²) in [5, 5.41) is 10.4. The van der Waals surface area contributed by atoms with Gasteiger partial charge in [0.25, 0.3) is 0 Å². The zero-order valence-electron chi connectivity index (χ0n) is 19.7. The van der Waals surface area contributed by atoms with Gasteiger partial charge < -0.3 is 9.64 Å². The Morgan fingerprint density at radius 2 is 2.00 bits per heavy atom. The summed E-state index contributed by atoms with van der Waals surface area (Å²) in [7, 11) is 0. The van der Waals surface area contributed by atoms with Crippen molar-refractivity contribution in [1.29, 1.82) is 0 Å². The number of carbonyl (C=O) groups excluding carboxylic acids is 1. The van der Waals surface area contributed by atoms with Crippen molar-refractivity contribution in [3.05, 3.63) is 29.3 Å². The summed E-state index contributed by atoms with van der Waals surface area (Å²) in [6.07, 6.45) is 5.67. The largest absolute Gasteiger partial charge is 0.376 e. The second kappa shape index (κ2) is 8.90. The summed E-state index contributed by atoms with van der Waals surface area (Å²) < 4.78 is 8.01. The Hall–Kier alpha value is -1.57. The molecular formula is C25H33ClN4O2S. The maximum Gasteiger partial charge on any atom is 0.233 e. The van der Waals surface area contributed by atoms with E-state index >= 15 is 0 Å². The number of likely N-dealkylation sites (tertiary alicyclic amines) is 1. The molecule has 1 aliphatic carbocycles. The van der Waals surface area contributed by atoms with Gasteiger partial charge in [-0.25, -0.2) is 0 Å². The van der Waals surface area contributed by atoms with E-state index in [1.165, 1.54) is 18.2 Å². The normalized spacial score (nSPS) is 28.4. The summed E-state index contributed by atoms with van der Waals surface area (Å²) >= 11 is 7.58. The SMILES string of the molecule is CC1(C)CC2CC(C)(CN2C(=O)CSc2nnc(-c3ccc(Cl)cc3)n2CC2CCCO2)C1. The highest BCUT2D eigenvalue weighted by atomic mass is 35.5. The molecule has 3 fully saturated rings. The van der Waals surface area contributed by atoms with Crippen LogP contribution < -0.4 is 0 Å². The lowest BCUT2D eigenvalue weighted by Gasteiger charge is -2.39. The minimum absolute atomic E-state index is 0.155. The molecule has 2 saturated heterocycles. The fourth-order valence-corrected chi connectivity index (χ4v) is 7.29. The lowest BCUT2D eigenvalue weighted by Crippen LogP contribution is -2.38. The van der Waals surface area contributed by atoms with Crippen molar-refractivity contribution in [1.82, 2.24) is 19.7 Å². The number of benzene rings is 1. The molecule has 178 valence electrons. The quantitative estimate of drug-likeness (QED) is 0.516. The van der Waals surface area contributed by atoms with Crippen LogP contribution in [0.4, 0.5) is 0 Å². The predicted octanol–water partition coefficient (Wildman–Crippen LogP) is 5.30. The molecule has 1 aromatic carbocycles. The Kier molecular flexibility index (Phi) is 6.25. The zero-order chi connectivity index (χ0) is 23.2. The maximum absolute atomic E-state index is 13.3. The molecule has 0 spiro atoms. The first-order valence-electron chi connectivity index (χ1n) is 11.9. The van der Waals surface area contributed by atoms with Gasteiger partial charge in [0.05, 0.1) is 18.4 Å². The molecule has 3 unspecified atom stereocenters. The van der Waals surface area contributed by atoms with Gasteiger partial charge >= 0.3 is 0 Å². The molecule has 3 heterocycles. The third kappa shape index (κ3) is 4.96. The second-order valence-electron chi connectivity index (χ2n) is 11.1. The molecule has 1 saturated carbocycles. The van der Waals surface area contributed by atoms with E-state index in [2.05, 4.69) is 40.4 Å². The number of aromatic nitrogens is 3. The topological polar surface area (TPSA) is 60.2 Å². The molecule has 33 heavy (non-hydrogen) atoms. The number of fused-ring (bicyclic) bond motifs is 2. The number of hydrogen-bond donors (Lipinski definition) is 0. The van der Waals surface area contributed by atoms with Gasteiger partial charge in [0, 0.05) is 29.8 Å². The fraction of sp³-hybridized carbons (Fsp3) is 0.640. The molecular weight excluding hydrogens is 456 g/mol. The van der Waals surface area contributed by atoms with Crippen LogP contribution in [0, 0.1) is 10.8 Å². The van der Waals surface area contributed by atoms with E-state index in [0.717, 1.165) is 55.4 Å². The third-order valence-corrected chi connectivity index (χ3v) is 8.49. The van der Waals surface area contributed by atoms with Crippen molar-refractivity contribution >= 4 is 29.3 Å². The standard InChI is InChI=1S/C25H33ClN4O2S/c1-24(2)11-19-12-25(3,15-24)16-30(19)21(31)14-33-23-28-27-22(17-6-8-18(26)9-7-17)29(23)13-20-5-4-10-32-20/h6-9,19-20H,4-5,10-16H2,1-3H3. The fourth-order valence-electron chi connectivity index (χ4n) is 6.33. The predicted molar refractivity (Wildman–Crippen MR) is 131 cm³/mol. The average Bonchev–Trinajstić information content (AvgIpc) is 3.45. The number of amides is 1. The van der Waals surface area contributed by atoms with Crippen LogP contribution >= 0.6 is 23.4 Å². The monoisotopic (exact) mass is 488 g/mol. The Morgan fingerprint density at radius 3 is 2.73 bits per heavy atom. The average molecular weight is 489 g/mol. The van der Waals surface area contributed by atoms with Gasteiger partial charge in [0.2, 0.25) is 5.91 Å². The summed E-state index contributed by atoms with van der Waals surface area (Å²) in [4.78, 5) is 15.4. The Balaban J connectivity index is 1.33. The summed E-state index contributed by atoms with van der Waals surface area (Å²) in [6, 6.07) is 8.02. The molecule has 1 aromatic heterocycles. The van der Waals surface area contributed by atoms with Crippen molar-refractivity contribution < 1.29 is 9.53 Å². The number of thioether (sulfide) groups is 1. The number of rotatable bonds is 6. The van der Waals surface area contributed by atoms with E-state index < -0.39 is 0 Å². The van der Waals surface area contributed by atoms with Crippen LogP contribution in [-0.2, 0) is 16.1 Å². The number of ether oxygens (including phenoxy) is 1. The van der Waals surface area contributed by atoms with Crippen LogP contribution in [0.2, 0.25) is 5.02 Å². The highest BCUT2D eigenvalue weighted by Gasteiger charge is 2.50. The molecule has 2 aliphatic heterocycles. The van der Waals surface area contributed by atoms with Crippen molar-refractivity contribution in [3.63, 3.8) is 0 Å². The third-order valence-electron chi connectivity index (χ3n) is 7.29. The van der Waals surface area contributed by atoms with Crippen LogP contribution in [-0.4, -0.2) is 56.6 Å². The molecule has 1 amide bonds. The van der Waals surface area contributed by atoms with Crippen molar-refractivity contribution in [2.24, 2.45) is 10.8 Å². The molecule has 2 aromatic rings. The Bertz CT molecular complexity index is 1020. The number of hydrogen-bond acceptors (Lipinski definition) is 5. The molecule has 2 bridgehead atoms. The first-order valence-corrected chi connectivity index (χ1v) is 13.3. The Morgan fingerprint density at radius 1 is 1.21 bits per heavy atom. The molecule has 0 radical (unpaired) electrons. The van der Waals surface area contributed by atoms with E-state index in [4.69, 9.17) is 16.3 Å². The van der Waals surface area contributed by atoms with Crippen LogP contribution in [0.1, 0.15) is 52.9 Å². The highest BCUT2D eigenvalue weighted by molar-refractivity contribution is 7.99. The van der Waals surface area contributed by atoms with Gasteiger partial charge in [-0.2, -0.15) is 0 Å². The molecule has 3 atom stereocenters. The highest BCUT2D eigenvalue weighted by Crippen LogP contribution is 2.52. The number of nitrogens with zero attached hydrogens (tertiary/aromatic N) is 4. The Labute approximate surface area is 205 Å². The molecule has 8 heteroatoms. The van der Waals surface area contributed by atoms with Crippen molar-refractivity contribution in [3.8, 4) is 11.4 Å². The van der Waals surface area contributed by atoms with Crippen LogP contribution in [0.25, 0.3) is 11.4 Å². The number of carbonyl (C=O) groups is 1. The molecule has 5 rings (SSSR count). The lowest BCUT2D eigenvalue weighted by molar-refractivity contribution is -0.129. The summed E-state index contributed by atoms with van der Waals surface area (Å²) in [6.45, 7) is 9.39. The van der Waals surface area contributed by atoms with Gasteiger partial charge in [0.1, 0.15) is 0 Å². The molecule has 6 nitrogen and oxygen atoms in total. The van der Waals surface area contributed by atoms with Gasteiger partial charge in [-0.05, 0) is 67.2 Å². The van der Waals surface area contributed by atoms with Crippen molar-refractivity contribution in [2.75, 3.05) is 18.9 Å². The van der Waals surface area contributed by atoms with Crippen LogP contribution in [0.15, 0.2) is 29.4 Å². The van der Waals surface area contributed by atoms with Gasteiger partial charge in [-0.3, -0.25) is 9.36 Å². The lowest BCUT2D eigenvalue weighted by atomic mass is 9.65. The van der Waals surface area contributed by atoms with Gasteiger partial charge in [-0.1, -0.05) is 44.1 Å². The van der Waals surface area contributed by atoms with Gasteiger partial charge in [0.15, 0.2) is 11.0 Å². The maximum atomic E-state index is 13.3. The second-order valence-corrected chi connectivity index (χ2v) is 12.5. The van der Waals surface area contributed by atoms with E-state index in [0.29, 0.717) is 28.8 Å². The number of halogens is 1. The minimum atomic E-state index is 0.155. The zero-order valence-corrected chi connectivity index (χ0v) is 21.3. The summed E-state index contributed by atoms with van der Waals surface area (Å²) in [5.74, 6) is 1.40. The minimum Gasteiger partial charge on any atom is -0.376 e. The first kappa shape index (κ1) is 23.2.